The van der Waals surface area contributed by atoms with Crippen molar-refractivity contribution in [1.82, 2.24) is 29.9 Å². The zero-order chi connectivity index (χ0) is 29.9. The second-order valence-electron chi connectivity index (χ2n) is 10.6. The molecule has 1 N–H and O–H groups in total. The van der Waals surface area contributed by atoms with Gasteiger partial charge in [0.05, 0.1) is 29.9 Å². The summed E-state index contributed by atoms with van der Waals surface area (Å²) in [5, 5.41) is 12.1. The Kier molecular flexibility index (Phi) is 8.13. The lowest BCUT2D eigenvalue weighted by Gasteiger charge is -2.26. The predicted molar refractivity (Wildman–Crippen MR) is 159 cm³/mol. The topological polar surface area (TPSA) is 118 Å². The van der Waals surface area contributed by atoms with Crippen LogP contribution in [0.3, 0.4) is 0 Å². The normalized spacial score (nSPS) is 15.0. The summed E-state index contributed by atoms with van der Waals surface area (Å²) >= 11 is 6.37. The number of benzene rings is 3. The van der Waals surface area contributed by atoms with Crippen LogP contribution in [0, 0.1) is 0 Å². The standard InChI is InChI=1S/C32H29ClN6O4/c33-22-13-14-26(25(17-22)30(41)21-9-3-1-4-10-21)39-27(35-36-28(39)19-37-15-7-2-8-16-37)18-34-29(40)20-38-31(42)23-11-5-6-12-24(23)32(38)43/h1,3-6,9-14,17H,2,7-8,15-16,18-20H2,(H,34,40). The van der Waals surface area contributed by atoms with Crippen molar-refractivity contribution < 1.29 is 19.2 Å². The van der Waals surface area contributed by atoms with Gasteiger partial charge in [-0.15, -0.1) is 10.2 Å². The van der Waals surface area contributed by atoms with Gasteiger partial charge >= 0.3 is 0 Å². The highest BCUT2D eigenvalue weighted by Crippen LogP contribution is 2.26. The number of amides is 3. The van der Waals surface area contributed by atoms with E-state index in [9.17, 15) is 19.2 Å². The molecule has 2 aliphatic heterocycles. The lowest BCUT2D eigenvalue weighted by atomic mass is 10.0. The van der Waals surface area contributed by atoms with Crippen LogP contribution in [0.25, 0.3) is 5.69 Å². The van der Waals surface area contributed by atoms with Crippen molar-refractivity contribution in [3.8, 4) is 5.69 Å². The SMILES string of the molecule is O=C(CN1C(=O)c2ccccc2C1=O)NCc1nnc(CN2CCCCC2)n1-c1ccc(Cl)cc1C(=O)c1ccccc1. The number of imide groups is 1. The minimum atomic E-state index is -0.529. The fourth-order valence-electron chi connectivity index (χ4n) is 5.56. The molecule has 6 rings (SSSR count). The number of fused-ring (bicyclic) bond motifs is 1. The molecule has 0 spiro atoms. The number of rotatable bonds is 9. The van der Waals surface area contributed by atoms with Gasteiger partial charge in [-0.05, 0) is 56.3 Å². The third-order valence-electron chi connectivity index (χ3n) is 7.71. The average molecular weight is 597 g/mol. The number of carbonyl (C=O) groups excluding carboxylic acids is 4. The number of hydrogen-bond acceptors (Lipinski definition) is 7. The third kappa shape index (κ3) is 5.84. The molecule has 43 heavy (non-hydrogen) atoms. The van der Waals surface area contributed by atoms with Gasteiger partial charge in [-0.2, -0.15) is 0 Å². The number of likely N-dealkylation sites (tertiary alicyclic amines) is 1. The monoisotopic (exact) mass is 596 g/mol. The van der Waals surface area contributed by atoms with Crippen LogP contribution in [0.4, 0.5) is 0 Å². The number of carbonyl (C=O) groups is 4. The number of nitrogens with one attached hydrogen (secondary N) is 1. The molecule has 1 aromatic heterocycles. The van der Waals surface area contributed by atoms with E-state index >= 15 is 0 Å². The first-order valence-electron chi connectivity index (χ1n) is 14.2. The van der Waals surface area contributed by atoms with E-state index in [1.54, 1.807) is 71.3 Å². The highest BCUT2D eigenvalue weighted by molar-refractivity contribution is 6.31. The number of hydrogen-bond donors (Lipinski definition) is 1. The van der Waals surface area contributed by atoms with Gasteiger partial charge in [0.25, 0.3) is 11.8 Å². The van der Waals surface area contributed by atoms with Gasteiger partial charge in [0.15, 0.2) is 17.4 Å². The Hall–Kier alpha value is -4.67. The molecule has 0 radical (unpaired) electrons. The van der Waals surface area contributed by atoms with Crippen LogP contribution in [0.5, 0.6) is 0 Å². The van der Waals surface area contributed by atoms with E-state index in [0.29, 0.717) is 40.0 Å². The van der Waals surface area contributed by atoms with Gasteiger partial charge in [-0.1, -0.05) is 60.5 Å². The van der Waals surface area contributed by atoms with Gasteiger partial charge in [0.2, 0.25) is 5.91 Å². The smallest absolute Gasteiger partial charge is 0.262 e. The van der Waals surface area contributed by atoms with Crippen LogP contribution in [0.1, 0.15) is 67.5 Å². The maximum Gasteiger partial charge on any atom is 0.262 e. The van der Waals surface area contributed by atoms with E-state index in [1.165, 1.54) is 6.42 Å². The molecule has 4 aromatic rings. The lowest BCUT2D eigenvalue weighted by molar-refractivity contribution is -0.121. The summed E-state index contributed by atoms with van der Waals surface area (Å²) < 4.78 is 1.80. The number of piperidine rings is 1. The molecule has 1 saturated heterocycles. The zero-order valence-corrected chi connectivity index (χ0v) is 24.1. The molecule has 11 heteroatoms. The Balaban J connectivity index is 1.29. The number of halogens is 1. The molecule has 3 aromatic carbocycles. The van der Waals surface area contributed by atoms with Gasteiger partial charge < -0.3 is 5.32 Å². The fraction of sp³-hybridized carbons (Fsp3) is 0.250. The van der Waals surface area contributed by atoms with Crippen molar-refractivity contribution in [2.75, 3.05) is 19.6 Å². The number of aromatic nitrogens is 3. The van der Waals surface area contributed by atoms with Gasteiger partial charge in [0, 0.05) is 16.1 Å². The summed E-state index contributed by atoms with van der Waals surface area (Å²) in [5.41, 5.74) is 1.98. The summed E-state index contributed by atoms with van der Waals surface area (Å²) in [5.74, 6) is -0.737. The molecule has 10 nitrogen and oxygen atoms in total. The Bertz CT molecular complexity index is 1680. The van der Waals surface area contributed by atoms with Crippen molar-refractivity contribution in [2.24, 2.45) is 0 Å². The van der Waals surface area contributed by atoms with Crippen LogP contribution in [0.2, 0.25) is 5.02 Å². The Morgan fingerprint density at radius 2 is 1.47 bits per heavy atom. The summed E-state index contributed by atoms with van der Waals surface area (Å²) in [4.78, 5) is 55.4. The van der Waals surface area contributed by atoms with E-state index in [4.69, 9.17) is 11.6 Å². The average Bonchev–Trinajstić information content (AvgIpc) is 3.54. The summed E-state index contributed by atoms with van der Waals surface area (Å²) in [6.45, 7) is 1.89. The van der Waals surface area contributed by atoms with Crippen molar-refractivity contribution in [3.05, 3.63) is 112 Å². The van der Waals surface area contributed by atoms with E-state index in [2.05, 4.69) is 20.4 Å². The minimum absolute atomic E-state index is 0.0450. The molecule has 0 aliphatic carbocycles. The quantitative estimate of drug-likeness (QED) is 0.229. The number of nitrogens with zero attached hydrogens (tertiary/aromatic N) is 5. The second-order valence-corrected chi connectivity index (χ2v) is 11.0. The largest absolute Gasteiger partial charge is 0.347 e. The first-order valence-corrected chi connectivity index (χ1v) is 14.6. The number of ketones is 1. The van der Waals surface area contributed by atoms with Crippen molar-refractivity contribution in [2.45, 2.75) is 32.4 Å². The molecule has 218 valence electrons. The van der Waals surface area contributed by atoms with Gasteiger partial charge in [-0.25, -0.2) is 0 Å². The molecule has 3 amide bonds. The van der Waals surface area contributed by atoms with E-state index in [-0.39, 0.29) is 23.5 Å². The highest BCUT2D eigenvalue weighted by atomic mass is 35.5. The Morgan fingerprint density at radius 3 is 2.16 bits per heavy atom. The molecule has 2 aliphatic rings. The third-order valence-corrected chi connectivity index (χ3v) is 7.95. The summed E-state index contributed by atoms with van der Waals surface area (Å²) in [6.07, 6.45) is 3.36. The Labute approximate surface area is 253 Å². The van der Waals surface area contributed by atoms with Crippen molar-refractivity contribution >= 4 is 35.1 Å². The molecule has 0 unspecified atom stereocenters. The molecular weight excluding hydrogens is 568 g/mol. The first-order chi connectivity index (χ1) is 20.9. The molecule has 1 fully saturated rings. The van der Waals surface area contributed by atoms with Gasteiger partial charge in [-0.3, -0.25) is 33.5 Å². The van der Waals surface area contributed by atoms with Gasteiger partial charge in [0.1, 0.15) is 6.54 Å². The predicted octanol–water partition coefficient (Wildman–Crippen LogP) is 4.05. The van der Waals surface area contributed by atoms with Crippen molar-refractivity contribution in [1.29, 1.82) is 0 Å². The molecule has 3 heterocycles. The van der Waals surface area contributed by atoms with Crippen LogP contribution in [-0.2, 0) is 17.9 Å². The second kappa shape index (κ2) is 12.3. The minimum Gasteiger partial charge on any atom is -0.347 e. The van der Waals surface area contributed by atoms with E-state index in [1.807, 2.05) is 6.07 Å². The Morgan fingerprint density at radius 1 is 0.814 bits per heavy atom. The fourth-order valence-corrected chi connectivity index (χ4v) is 5.73. The van der Waals surface area contributed by atoms with Crippen LogP contribution in [-0.4, -0.2) is 67.7 Å². The summed E-state index contributed by atoms with van der Waals surface area (Å²) in [7, 11) is 0. The zero-order valence-electron chi connectivity index (χ0n) is 23.3. The molecule has 0 saturated carbocycles. The summed E-state index contributed by atoms with van der Waals surface area (Å²) in [6, 6.07) is 20.5. The van der Waals surface area contributed by atoms with Crippen LogP contribution in [0.15, 0.2) is 72.8 Å². The van der Waals surface area contributed by atoms with Crippen LogP contribution >= 0.6 is 11.6 Å². The van der Waals surface area contributed by atoms with E-state index < -0.39 is 24.3 Å². The van der Waals surface area contributed by atoms with E-state index in [0.717, 1.165) is 30.8 Å². The molecule has 0 atom stereocenters. The van der Waals surface area contributed by atoms with Crippen LogP contribution < -0.4 is 5.32 Å². The molecule has 0 bridgehead atoms. The maximum atomic E-state index is 13.7. The maximum absolute atomic E-state index is 13.7. The lowest BCUT2D eigenvalue weighted by Crippen LogP contribution is -2.40. The highest BCUT2D eigenvalue weighted by Gasteiger charge is 2.36. The van der Waals surface area contributed by atoms with Crippen molar-refractivity contribution in [3.63, 3.8) is 0 Å². The molecular formula is C32H29ClN6O4. The first kappa shape index (κ1) is 28.4.